The molecule has 3 rings (SSSR count). The minimum absolute atomic E-state index is 0.0175. The molecule has 0 saturated carbocycles. The van der Waals surface area contributed by atoms with E-state index < -0.39 is 0 Å². The molecule has 24 heavy (non-hydrogen) atoms. The number of piperidine rings is 1. The fourth-order valence-electron chi connectivity index (χ4n) is 3.34. The Labute approximate surface area is 142 Å². The number of aromatic nitrogens is 2. The summed E-state index contributed by atoms with van der Waals surface area (Å²) in [6.45, 7) is 10.3. The lowest BCUT2D eigenvalue weighted by Crippen LogP contribution is -2.43. The maximum Gasteiger partial charge on any atom is 0.231 e. The van der Waals surface area contributed by atoms with Crippen molar-refractivity contribution in [1.82, 2.24) is 15.3 Å². The van der Waals surface area contributed by atoms with Crippen molar-refractivity contribution in [3.05, 3.63) is 17.1 Å². The second-order valence-electron chi connectivity index (χ2n) is 6.63. The largest absolute Gasteiger partial charge is 0.443 e. The predicted molar refractivity (Wildman–Crippen MR) is 94.3 cm³/mol. The molecule has 1 aliphatic heterocycles. The highest BCUT2D eigenvalue weighted by molar-refractivity contribution is 5.90. The summed E-state index contributed by atoms with van der Waals surface area (Å²) in [6, 6.07) is 0. The molecule has 130 valence electrons. The summed E-state index contributed by atoms with van der Waals surface area (Å²) < 4.78 is 5.78. The number of nitrogens with zero attached hydrogens (tertiary/aromatic N) is 3. The van der Waals surface area contributed by atoms with Gasteiger partial charge in [-0.1, -0.05) is 6.92 Å². The van der Waals surface area contributed by atoms with Gasteiger partial charge in [-0.25, -0.2) is 4.98 Å². The Kier molecular flexibility index (Phi) is 4.73. The van der Waals surface area contributed by atoms with Crippen molar-refractivity contribution in [3.8, 4) is 0 Å². The van der Waals surface area contributed by atoms with Gasteiger partial charge in [0.2, 0.25) is 11.6 Å². The first-order chi connectivity index (χ1) is 11.5. The van der Waals surface area contributed by atoms with Crippen LogP contribution in [0, 0.1) is 26.7 Å². The van der Waals surface area contributed by atoms with Crippen LogP contribution in [-0.2, 0) is 4.79 Å². The van der Waals surface area contributed by atoms with Gasteiger partial charge in [0.1, 0.15) is 17.4 Å². The van der Waals surface area contributed by atoms with Crippen molar-refractivity contribution in [2.24, 2.45) is 5.92 Å². The van der Waals surface area contributed by atoms with Gasteiger partial charge in [-0.3, -0.25) is 4.79 Å². The maximum absolute atomic E-state index is 12.3. The molecule has 0 bridgehead atoms. The van der Waals surface area contributed by atoms with Crippen LogP contribution in [0.25, 0.3) is 11.1 Å². The van der Waals surface area contributed by atoms with Crippen molar-refractivity contribution >= 4 is 22.8 Å². The molecule has 6 heteroatoms. The molecule has 1 saturated heterocycles. The second-order valence-corrected chi connectivity index (χ2v) is 6.63. The van der Waals surface area contributed by atoms with Gasteiger partial charge in [0.05, 0.1) is 11.3 Å². The van der Waals surface area contributed by atoms with Crippen molar-refractivity contribution in [3.63, 3.8) is 0 Å². The molecule has 0 aromatic carbocycles. The minimum atomic E-state index is 0.0175. The smallest absolute Gasteiger partial charge is 0.231 e. The molecule has 3 heterocycles. The Morgan fingerprint density at radius 1 is 1.33 bits per heavy atom. The first kappa shape index (κ1) is 16.7. The zero-order valence-corrected chi connectivity index (χ0v) is 15.0. The molecule has 1 amide bonds. The third kappa shape index (κ3) is 3.09. The van der Waals surface area contributed by atoms with Gasteiger partial charge >= 0.3 is 0 Å². The number of carbonyl (C=O) groups is 1. The van der Waals surface area contributed by atoms with Crippen LogP contribution < -0.4 is 10.2 Å². The monoisotopic (exact) mass is 330 g/mol. The van der Waals surface area contributed by atoms with E-state index >= 15 is 0 Å². The number of furan rings is 1. The topological polar surface area (TPSA) is 71.3 Å². The standard InChI is InChI=1S/C18H26N4O2/c1-5-8-19-17(23)14-7-6-9-22(10-14)16-15-11(2)12(3)24-18(15)21-13(4)20-16/h14H,5-10H2,1-4H3,(H,19,23)/t14-/m0/s1. The number of fused-ring (bicyclic) bond motifs is 1. The van der Waals surface area contributed by atoms with Gasteiger partial charge in [0.25, 0.3) is 0 Å². The molecule has 0 spiro atoms. The number of nitrogens with one attached hydrogen (secondary N) is 1. The molecule has 1 fully saturated rings. The van der Waals surface area contributed by atoms with Crippen LogP contribution in [0.15, 0.2) is 4.42 Å². The van der Waals surface area contributed by atoms with E-state index in [9.17, 15) is 4.79 Å². The highest BCUT2D eigenvalue weighted by Gasteiger charge is 2.28. The van der Waals surface area contributed by atoms with Crippen LogP contribution in [0.2, 0.25) is 0 Å². The first-order valence-corrected chi connectivity index (χ1v) is 8.78. The van der Waals surface area contributed by atoms with E-state index in [-0.39, 0.29) is 11.8 Å². The summed E-state index contributed by atoms with van der Waals surface area (Å²) >= 11 is 0. The number of aryl methyl sites for hydroxylation is 3. The average Bonchev–Trinajstić information content (AvgIpc) is 2.86. The van der Waals surface area contributed by atoms with E-state index in [0.29, 0.717) is 18.1 Å². The molecule has 0 radical (unpaired) electrons. The second kappa shape index (κ2) is 6.79. The number of carbonyl (C=O) groups excluding carboxylic acids is 1. The predicted octanol–water partition coefficient (Wildman–Crippen LogP) is 2.89. The third-order valence-corrected chi connectivity index (χ3v) is 4.76. The quantitative estimate of drug-likeness (QED) is 0.933. The van der Waals surface area contributed by atoms with Crippen molar-refractivity contribution in [2.75, 3.05) is 24.5 Å². The highest BCUT2D eigenvalue weighted by Crippen LogP contribution is 2.33. The van der Waals surface area contributed by atoms with E-state index in [2.05, 4.69) is 27.1 Å². The molecule has 0 unspecified atom stereocenters. The van der Waals surface area contributed by atoms with Crippen molar-refractivity contribution in [1.29, 1.82) is 0 Å². The van der Waals surface area contributed by atoms with E-state index in [1.165, 1.54) is 0 Å². The normalized spacial score (nSPS) is 18.2. The fourth-order valence-corrected chi connectivity index (χ4v) is 3.34. The molecule has 1 atom stereocenters. The average molecular weight is 330 g/mol. The van der Waals surface area contributed by atoms with Gasteiger partial charge in [-0.05, 0) is 40.0 Å². The number of amides is 1. The molecule has 0 aliphatic carbocycles. The van der Waals surface area contributed by atoms with Crippen molar-refractivity contribution < 1.29 is 9.21 Å². The van der Waals surface area contributed by atoms with Crippen LogP contribution in [0.3, 0.4) is 0 Å². The fraction of sp³-hybridized carbons (Fsp3) is 0.611. The van der Waals surface area contributed by atoms with Crippen LogP contribution >= 0.6 is 0 Å². The highest BCUT2D eigenvalue weighted by atomic mass is 16.3. The van der Waals surface area contributed by atoms with Gasteiger partial charge in [0, 0.05) is 25.2 Å². The van der Waals surface area contributed by atoms with E-state index in [4.69, 9.17) is 4.42 Å². The Hall–Kier alpha value is -2.11. The van der Waals surface area contributed by atoms with Gasteiger partial charge in [0.15, 0.2) is 0 Å². The maximum atomic E-state index is 12.3. The lowest BCUT2D eigenvalue weighted by atomic mass is 9.96. The van der Waals surface area contributed by atoms with Crippen LogP contribution in [0.1, 0.15) is 43.3 Å². The summed E-state index contributed by atoms with van der Waals surface area (Å²) in [7, 11) is 0. The van der Waals surface area contributed by atoms with Crippen LogP contribution in [-0.4, -0.2) is 35.5 Å². The summed E-state index contributed by atoms with van der Waals surface area (Å²) in [4.78, 5) is 23.7. The summed E-state index contributed by atoms with van der Waals surface area (Å²) in [5.74, 6) is 2.65. The zero-order chi connectivity index (χ0) is 17.3. The molecular weight excluding hydrogens is 304 g/mol. The van der Waals surface area contributed by atoms with Gasteiger partial charge < -0.3 is 14.6 Å². The van der Waals surface area contributed by atoms with E-state index in [1.54, 1.807) is 0 Å². The lowest BCUT2D eigenvalue weighted by Gasteiger charge is -2.33. The SMILES string of the molecule is CCCNC(=O)[C@H]1CCCN(c2nc(C)nc3oc(C)c(C)c23)C1. The lowest BCUT2D eigenvalue weighted by molar-refractivity contribution is -0.125. The Bertz CT molecular complexity index is 753. The number of anilines is 1. The zero-order valence-electron chi connectivity index (χ0n) is 15.0. The van der Waals surface area contributed by atoms with Gasteiger partial charge in [-0.2, -0.15) is 4.98 Å². The van der Waals surface area contributed by atoms with Crippen molar-refractivity contribution in [2.45, 2.75) is 47.0 Å². The van der Waals surface area contributed by atoms with Crippen LogP contribution in [0.5, 0.6) is 0 Å². The third-order valence-electron chi connectivity index (χ3n) is 4.76. The summed E-state index contributed by atoms with van der Waals surface area (Å²) in [5.41, 5.74) is 1.72. The van der Waals surface area contributed by atoms with E-state index in [1.807, 2.05) is 20.8 Å². The first-order valence-electron chi connectivity index (χ1n) is 8.78. The Morgan fingerprint density at radius 3 is 2.88 bits per heavy atom. The minimum Gasteiger partial charge on any atom is -0.443 e. The number of hydrogen-bond acceptors (Lipinski definition) is 5. The van der Waals surface area contributed by atoms with Gasteiger partial charge in [-0.15, -0.1) is 0 Å². The molecular formula is C18H26N4O2. The molecule has 2 aromatic heterocycles. The molecule has 6 nitrogen and oxygen atoms in total. The Balaban J connectivity index is 1.91. The molecule has 1 N–H and O–H groups in total. The molecule has 1 aliphatic rings. The summed E-state index contributed by atoms with van der Waals surface area (Å²) in [5, 5.41) is 4.00. The Morgan fingerprint density at radius 2 is 2.12 bits per heavy atom. The summed E-state index contributed by atoms with van der Waals surface area (Å²) in [6.07, 6.45) is 2.88. The van der Waals surface area contributed by atoms with E-state index in [0.717, 1.165) is 54.9 Å². The van der Waals surface area contributed by atoms with Crippen LogP contribution in [0.4, 0.5) is 5.82 Å². The molecule has 2 aromatic rings. The number of rotatable bonds is 4. The number of hydrogen-bond donors (Lipinski definition) is 1.